The monoisotopic (exact) mass is 326 g/mol. The fraction of sp³-hybridized carbons (Fsp3) is 0.882. The lowest BCUT2D eigenvalue weighted by molar-refractivity contribution is -0.213. The predicted molar refractivity (Wildman–Crippen MR) is 80.3 cm³/mol. The van der Waals surface area contributed by atoms with E-state index in [0.29, 0.717) is 38.9 Å². The molecule has 0 aromatic carbocycles. The van der Waals surface area contributed by atoms with Crippen LogP contribution < -0.4 is 0 Å². The average molecular weight is 326 g/mol. The molecule has 2 aliphatic heterocycles. The van der Waals surface area contributed by atoms with Crippen molar-refractivity contribution in [3.8, 4) is 0 Å². The first-order valence-electron chi connectivity index (χ1n) is 8.86. The van der Waals surface area contributed by atoms with Crippen molar-refractivity contribution in [1.82, 2.24) is 0 Å². The molecule has 0 aromatic heterocycles. The molecular weight excluding hydrogens is 300 g/mol. The van der Waals surface area contributed by atoms with Crippen molar-refractivity contribution in [2.45, 2.75) is 76.8 Å². The van der Waals surface area contributed by atoms with Gasteiger partial charge in [0.15, 0.2) is 5.41 Å². The average Bonchev–Trinajstić information content (AvgIpc) is 3.08. The second-order valence-electron chi connectivity index (χ2n) is 6.69. The van der Waals surface area contributed by atoms with Gasteiger partial charge in [-0.15, -0.1) is 0 Å². The first kappa shape index (κ1) is 16.7. The highest BCUT2D eigenvalue weighted by atomic mass is 16.7. The third-order valence-corrected chi connectivity index (χ3v) is 4.99. The Labute approximate surface area is 136 Å². The molecule has 2 saturated heterocycles. The summed E-state index contributed by atoms with van der Waals surface area (Å²) in [6.45, 7) is 1.20. The first-order valence-corrected chi connectivity index (χ1v) is 8.86. The van der Waals surface area contributed by atoms with Gasteiger partial charge in [-0.2, -0.15) is 0 Å². The third-order valence-electron chi connectivity index (χ3n) is 4.99. The molecule has 1 saturated carbocycles. The van der Waals surface area contributed by atoms with E-state index in [2.05, 4.69) is 0 Å². The fourth-order valence-electron chi connectivity index (χ4n) is 3.54. The van der Waals surface area contributed by atoms with Crippen molar-refractivity contribution in [3.05, 3.63) is 0 Å². The predicted octanol–water partition coefficient (Wildman–Crippen LogP) is 2.69. The molecule has 0 amide bonds. The van der Waals surface area contributed by atoms with Crippen LogP contribution in [0.3, 0.4) is 0 Å². The van der Waals surface area contributed by atoms with E-state index in [9.17, 15) is 9.59 Å². The topological polar surface area (TPSA) is 71.1 Å². The Hall–Kier alpha value is -1.14. The van der Waals surface area contributed by atoms with Gasteiger partial charge in [0.2, 0.25) is 12.6 Å². The lowest BCUT2D eigenvalue weighted by Crippen LogP contribution is -2.44. The molecule has 1 aliphatic carbocycles. The highest BCUT2D eigenvalue weighted by molar-refractivity contribution is 6.00. The Balaban J connectivity index is 1.62. The van der Waals surface area contributed by atoms with Crippen LogP contribution in [0, 0.1) is 5.41 Å². The number of rotatable bonds is 4. The van der Waals surface area contributed by atoms with Crippen LogP contribution in [0.4, 0.5) is 0 Å². The summed E-state index contributed by atoms with van der Waals surface area (Å²) in [6, 6.07) is 0. The minimum Gasteiger partial charge on any atom is -0.435 e. The van der Waals surface area contributed by atoms with E-state index in [4.69, 9.17) is 18.9 Å². The molecule has 130 valence electrons. The van der Waals surface area contributed by atoms with Gasteiger partial charge in [0, 0.05) is 12.8 Å². The smallest absolute Gasteiger partial charge is 0.325 e. The third kappa shape index (κ3) is 3.86. The zero-order valence-electron chi connectivity index (χ0n) is 13.6. The molecule has 3 fully saturated rings. The van der Waals surface area contributed by atoms with Gasteiger partial charge in [-0.1, -0.05) is 12.8 Å². The highest BCUT2D eigenvalue weighted by Gasteiger charge is 2.52. The zero-order chi connectivity index (χ0) is 16.1. The van der Waals surface area contributed by atoms with Gasteiger partial charge in [0.1, 0.15) is 0 Å². The van der Waals surface area contributed by atoms with Crippen LogP contribution in [0.2, 0.25) is 0 Å². The number of carbonyl (C=O) groups is 2. The van der Waals surface area contributed by atoms with Crippen LogP contribution in [0.1, 0.15) is 64.2 Å². The zero-order valence-corrected chi connectivity index (χ0v) is 13.6. The van der Waals surface area contributed by atoms with E-state index in [0.717, 1.165) is 38.5 Å². The molecule has 0 radical (unpaired) electrons. The van der Waals surface area contributed by atoms with Crippen LogP contribution in [-0.4, -0.2) is 37.7 Å². The lowest BCUT2D eigenvalue weighted by Gasteiger charge is -2.31. The van der Waals surface area contributed by atoms with Crippen LogP contribution >= 0.6 is 0 Å². The van der Waals surface area contributed by atoms with Crippen molar-refractivity contribution in [1.29, 1.82) is 0 Å². The SMILES string of the molecule is O=C(OC1CCCCO1)C1(C(=O)OC2CCCCO2)CCCC1. The quantitative estimate of drug-likeness (QED) is 0.584. The maximum Gasteiger partial charge on any atom is 0.325 e. The maximum atomic E-state index is 12.7. The van der Waals surface area contributed by atoms with Crippen molar-refractivity contribution in [2.75, 3.05) is 13.2 Å². The molecular formula is C17H26O6. The van der Waals surface area contributed by atoms with Crippen LogP contribution in [0.5, 0.6) is 0 Å². The number of esters is 2. The van der Waals surface area contributed by atoms with E-state index in [1.807, 2.05) is 0 Å². The second kappa shape index (κ2) is 7.62. The summed E-state index contributed by atoms with van der Waals surface area (Å²) in [5, 5.41) is 0. The van der Waals surface area contributed by atoms with Gasteiger partial charge in [-0.05, 0) is 38.5 Å². The Morgan fingerprint density at radius 2 is 1.22 bits per heavy atom. The molecule has 6 heteroatoms. The Kier molecular flexibility index (Phi) is 5.54. The summed E-state index contributed by atoms with van der Waals surface area (Å²) in [6.07, 6.45) is 6.93. The van der Waals surface area contributed by atoms with Gasteiger partial charge in [-0.25, -0.2) is 0 Å². The van der Waals surface area contributed by atoms with Gasteiger partial charge in [0.25, 0.3) is 0 Å². The van der Waals surface area contributed by atoms with Gasteiger partial charge in [-0.3, -0.25) is 9.59 Å². The summed E-state index contributed by atoms with van der Waals surface area (Å²) >= 11 is 0. The molecule has 3 aliphatic rings. The van der Waals surface area contributed by atoms with Crippen molar-refractivity contribution >= 4 is 11.9 Å². The Bertz CT molecular complexity index is 383. The number of ether oxygens (including phenoxy) is 4. The molecule has 2 unspecified atom stereocenters. The normalized spacial score (nSPS) is 30.6. The second-order valence-corrected chi connectivity index (χ2v) is 6.69. The largest absolute Gasteiger partial charge is 0.435 e. The van der Waals surface area contributed by atoms with Crippen LogP contribution in [0.25, 0.3) is 0 Å². The van der Waals surface area contributed by atoms with Crippen molar-refractivity contribution < 1.29 is 28.5 Å². The molecule has 2 atom stereocenters. The highest BCUT2D eigenvalue weighted by Crippen LogP contribution is 2.41. The number of hydrogen-bond donors (Lipinski definition) is 0. The van der Waals surface area contributed by atoms with E-state index in [1.165, 1.54) is 0 Å². The van der Waals surface area contributed by atoms with Gasteiger partial charge in [0.05, 0.1) is 13.2 Å². The number of hydrogen-bond acceptors (Lipinski definition) is 6. The number of carbonyl (C=O) groups excluding carboxylic acids is 2. The standard InChI is InChI=1S/C17H26O6/c18-15(22-13-7-1-5-11-20-13)17(9-3-4-10-17)16(19)23-14-8-2-6-12-21-14/h13-14H,1-12H2. The van der Waals surface area contributed by atoms with Crippen molar-refractivity contribution in [3.63, 3.8) is 0 Å². The minimum atomic E-state index is -1.17. The lowest BCUT2D eigenvalue weighted by atomic mass is 9.86. The Morgan fingerprint density at radius 1 is 0.739 bits per heavy atom. The van der Waals surface area contributed by atoms with E-state index < -0.39 is 29.9 Å². The molecule has 0 aromatic rings. The summed E-state index contributed by atoms with van der Waals surface area (Å²) in [7, 11) is 0. The molecule has 0 N–H and O–H groups in total. The summed E-state index contributed by atoms with van der Waals surface area (Å²) in [5.74, 6) is -0.967. The Morgan fingerprint density at radius 3 is 1.61 bits per heavy atom. The van der Waals surface area contributed by atoms with Crippen LogP contribution in [0.15, 0.2) is 0 Å². The van der Waals surface area contributed by atoms with E-state index in [-0.39, 0.29) is 0 Å². The molecule has 0 spiro atoms. The summed E-state index contributed by atoms with van der Waals surface area (Å²) in [4.78, 5) is 25.3. The first-order chi connectivity index (χ1) is 11.2. The molecule has 6 nitrogen and oxygen atoms in total. The van der Waals surface area contributed by atoms with E-state index in [1.54, 1.807) is 0 Å². The van der Waals surface area contributed by atoms with E-state index >= 15 is 0 Å². The molecule has 0 bridgehead atoms. The van der Waals surface area contributed by atoms with Gasteiger partial charge < -0.3 is 18.9 Å². The molecule has 23 heavy (non-hydrogen) atoms. The van der Waals surface area contributed by atoms with Crippen LogP contribution in [-0.2, 0) is 28.5 Å². The van der Waals surface area contributed by atoms with Crippen molar-refractivity contribution in [2.24, 2.45) is 5.41 Å². The minimum absolute atomic E-state index is 0.484. The summed E-state index contributed by atoms with van der Waals surface area (Å²) < 4.78 is 21.9. The molecule has 2 heterocycles. The fourth-order valence-corrected chi connectivity index (χ4v) is 3.54. The molecule has 3 rings (SSSR count). The van der Waals surface area contributed by atoms with Gasteiger partial charge >= 0.3 is 11.9 Å². The summed E-state index contributed by atoms with van der Waals surface area (Å²) in [5.41, 5.74) is -1.17. The maximum absolute atomic E-state index is 12.7.